The summed E-state index contributed by atoms with van der Waals surface area (Å²) in [7, 11) is 1.43. The third kappa shape index (κ3) is 2.32. The highest BCUT2D eigenvalue weighted by Gasteiger charge is 2.34. The van der Waals surface area contributed by atoms with E-state index in [2.05, 4.69) is 5.32 Å². The van der Waals surface area contributed by atoms with Gasteiger partial charge in [-0.1, -0.05) is 12.1 Å². The van der Waals surface area contributed by atoms with Crippen LogP contribution >= 0.6 is 0 Å². The van der Waals surface area contributed by atoms with Crippen LogP contribution in [0.2, 0.25) is 0 Å². The highest BCUT2D eigenvalue weighted by molar-refractivity contribution is 6.06. The highest BCUT2D eigenvalue weighted by atomic mass is 16.6. The molecule has 1 saturated heterocycles. The lowest BCUT2D eigenvalue weighted by Gasteiger charge is -2.10. The molecule has 6 nitrogen and oxygen atoms in total. The first-order valence-electron chi connectivity index (χ1n) is 5.29. The average Bonchev–Trinajstić information content (AvgIpc) is 2.67. The molecule has 2 amide bonds. The predicted molar refractivity (Wildman–Crippen MR) is 60.0 cm³/mol. The molecular formula is C12H11NO5. The minimum Gasteiger partial charge on any atom is -0.496 e. The topological polar surface area (TPSA) is 81.7 Å². The maximum atomic E-state index is 11.8. The standard InChI is InChI=1S/C12H11NO5/c1-17-8-5-3-2-4-7(8)12(16)18-9-6-10(14)13-11(9)15/h2-5,9H,6H2,1H3,(H,13,14,15). The molecule has 0 bridgehead atoms. The highest BCUT2D eigenvalue weighted by Crippen LogP contribution is 2.20. The van der Waals surface area contributed by atoms with E-state index in [0.717, 1.165) is 0 Å². The summed E-state index contributed by atoms with van der Waals surface area (Å²) in [6, 6.07) is 6.49. The van der Waals surface area contributed by atoms with E-state index in [9.17, 15) is 14.4 Å². The zero-order chi connectivity index (χ0) is 13.1. The van der Waals surface area contributed by atoms with E-state index in [1.807, 2.05) is 0 Å². The van der Waals surface area contributed by atoms with Gasteiger partial charge in [0.05, 0.1) is 13.5 Å². The Hall–Kier alpha value is -2.37. The summed E-state index contributed by atoms with van der Waals surface area (Å²) in [6.45, 7) is 0. The number of hydrogen-bond acceptors (Lipinski definition) is 5. The molecule has 1 heterocycles. The van der Waals surface area contributed by atoms with E-state index in [-0.39, 0.29) is 12.0 Å². The summed E-state index contributed by atoms with van der Waals surface area (Å²) in [4.78, 5) is 34.1. The predicted octanol–water partition coefficient (Wildman–Crippen LogP) is 0.267. The SMILES string of the molecule is COc1ccccc1C(=O)OC1CC(=O)NC1=O. The molecule has 0 saturated carbocycles. The maximum Gasteiger partial charge on any atom is 0.342 e. The number of nitrogens with one attached hydrogen (secondary N) is 1. The van der Waals surface area contributed by atoms with Gasteiger partial charge < -0.3 is 9.47 Å². The number of methoxy groups -OCH3 is 1. The third-order valence-electron chi connectivity index (χ3n) is 2.50. The number of amides is 2. The second kappa shape index (κ2) is 4.87. The fourth-order valence-corrected chi connectivity index (χ4v) is 1.63. The molecule has 0 aliphatic carbocycles. The zero-order valence-electron chi connectivity index (χ0n) is 9.64. The van der Waals surface area contributed by atoms with Crippen molar-refractivity contribution < 1.29 is 23.9 Å². The van der Waals surface area contributed by atoms with Gasteiger partial charge in [0, 0.05) is 0 Å². The van der Waals surface area contributed by atoms with Crippen LogP contribution in [0.4, 0.5) is 0 Å². The van der Waals surface area contributed by atoms with Gasteiger partial charge in [-0.2, -0.15) is 0 Å². The van der Waals surface area contributed by atoms with E-state index in [1.165, 1.54) is 13.2 Å². The molecule has 94 valence electrons. The summed E-state index contributed by atoms with van der Waals surface area (Å²) in [6.07, 6.45) is -1.20. The van der Waals surface area contributed by atoms with Gasteiger partial charge in [-0.3, -0.25) is 14.9 Å². The molecule has 1 atom stereocenters. The Kier molecular flexibility index (Phi) is 3.27. The smallest absolute Gasteiger partial charge is 0.342 e. The lowest BCUT2D eigenvalue weighted by molar-refractivity contribution is -0.128. The maximum absolute atomic E-state index is 11.8. The minimum absolute atomic E-state index is 0.139. The van der Waals surface area contributed by atoms with Crippen LogP contribution in [0.1, 0.15) is 16.8 Å². The summed E-state index contributed by atoms with van der Waals surface area (Å²) in [5.74, 6) is -1.38. The molecule has 1 aromatic carbocycles. The molecular weight excluding hydrogens is 238 g/mol. The van der Waals surface area contributed by atoms with Gasteiger partial charge in [0.25, 0.3) is 5.91 Å². The molecule has 1 fully saturated rings. The van der Waals surface area contributed by atoms with Gasteiger partial charge in [-0.15, -0.1) is 0 Å². The van der Waals surface area contributed by atoms with Crippen LogP contribution in [-0.4, -0.2) is 31.0 Å². The Morgan fingerprint density at radius 3 is 2.67 bits per heavy atom. The first-order valence-corrected chi connectivity index (χ1v) is 5.29. The summed E-state index contributed by atoms with van der Waals surface area (Å²) in [5, 5.41) is 2.07. The third-order valence-corrected chi connectivity index (χ3v) is 2.50. The molecule has 0 spiro atoms. The monoisotopic (exact) mass is 249 g/mol. The number of rotatable bonds is 3. The molecule has 1 aliphatic heterocycles. The van der Waals surface area contributed by atoms with Crippen molar-refractivity contribution in [1.82, 2.24) is 5.32 Å². The van der Waals surface area contributed by atoms with Gasteiger partial charge >= 0.3 is 5.97 Å². The molecule has 0 aromatic heterocycles. The van der Waals surface area contributed by atoms with Crippen LogP contribution in [0.5, 0.6) is 5.75 Å². The summed E-state index contributed by atoms with van der Waals surface area (Å²) >= 11 is 0. The van der Waals surface area contributed by atoms with Crippen molar-refractivity contribution in [3.05, 3.63) is 29.8 Å². The van der Waals surface area contributed by atoms with Crippen molar-refractivity contribution in [2.45, 2.75) is 12.5 Å². The van der Waals surface area contributed by atoms with Crippen molar-refractivity contribution in [2.24, 2.45) is 0 Å². The van der Waals surface area contributed by atoms with E-state index in [4.69, 9.17) is 9.47 Å². The van der Waals surface area contributed by atoms with Gasteiger partial charge in [0.2, 0.25) is 5.91 Å². The van der Waals surface area contributed by atoms with Crippen LogP contribution in [0, 0.1) is 0 Å². The number of carbonyl (C=O) groups is 3. The molecule has 1 aliphatic rings. The van der Waals surface area contributed by atoms with Gasteiger partial charge in [0.15, 0.2) is 6.10 Å². The van der Waals surface area contributed by atoms with Crippen LogP contribution in [0.15, 0.2) is 24.3 Å². The number of carbonyl (C=O) groups excluding carboxylic acids is 3. The molecule has 1 aromatic rings. The number of para-hydroxylation sites is 1. The molecule has 2 rings (SSSR count). The van der Waals surface area contributed by atoms with Crippen molar-refractivity contribution >= 4 is 17.8 Å². The number of hydrogen-bond donors (Lipinski definition) is 1. The second-order valence-corrected chi connectivity index (χ2v) is 3.71. The molecule has 0 radical (unpaired) electrons. The fraction of sp³-hybridized carbons (Fsp3) is 0.250. The Morgan fingerprint density at radius 1 is 1.33 bits per heavy atom. The number of benzene rings is 1. The first-order chi connectivity index (χ1) is 8.61. The number of ether oxygens (including phenoxy) is 2. The number of esters is 1. The van der Waals surface area contributed by atoms with Crippen LogP contribution in [-0.2, 0) is 14.3 Å². The van der Waals surface area contributed by atoms with Gasteiger partial charge in [-0.05, 0) is 12.1 Å². The van der Waals surface area contributed by atoms with Crippen molar-refractivity contribution in [1.29, 1.82) is 0 Å². The lowest BCUT2D eigenvalue weighted by atomic mass is 10.2. The van der Waals surface area contributed by atoms with Crippen molar-refractivity contribution in [2.75, 3.05) is 7.11 Å². The molecule has 1 N–H and O–H groups in total. The van der Waals surface area contributed by atoms with E-state index in [1.54, 1.807) is 18.2 Å². The fourth-order valence-electron chi connectivity index (χ4n) is 1.63. The Morgan fingerprint density at radius 2 is 2.06 bits per heavy atom. The van der Waals surface area contributed by atoms with Crippen LogP contribution < -0.4 is 10.1 Å². The molecule has 18 heavy (non-hydrogen) atoms. The quantitative estimate of drug-likeness (QED) is 0.614. The van der Waals surface area contributed by atoms with Crippen molar-refractivity contribution in [3.63, 3.8) is 0 Å². The number of imide groups is 1. The van der Waals surface area contributed by atoms with Crippen LogP contribution in [0.3, 0.4) is 0 Å². The summed E-state index contributed by atoms with van der Waals surface area (Å²) in [5.41, 5.74) is 0.215. The van der Waals surface area contributed by atoms with E-state index < -0.39 is 23.9 Å². The average molecular weight is 249 g/mol. The molecule has 6 heteroatoms. The van der Waals surface area contributed by atoms with Crippen LogP contribution in [0.25, 0.3) is 0 Å². The zero-order valence-corrected chi connectivity index (χ0v) is 9.64. The second-order valence-electron chi connectivity index (χ2n) is 3.71. The Bertz CT molecular complexity index is 511. The normalized spacial score (nSPS) is 18.4. The van der Waals surface area contributed by atoms with Gasteiger partial charge in [0.1, 0.15) is 11.3 Å². The van der Waals surface area contributed by atoms with E-state index in [0.29, 0.717) is 5.75 Å². The van der Waals surface area contributed by atoms with E-state index >= 15 is 0 Å². The Balaban J connectivity index is 2.13. The summed E-state index contributed by atoms with van der Waals surface area (Å²) < 4.78 is 9.98. The van der Waals surface area contributed by atoms with Gasteiger partial charge in [-0.25, -0.2) is 4.79 Å². The largest absolute Gasteiger partial charge is 0.496 e. The molecule has 1 unspecified atom stereocenters. The minimum atomic E-state index is -1.06. The Labute approximate surface area is 103 Å². The lowest BCUT2D eigenvalue weighted by Crippen LogP contribution is -2.28. The first kappa shape index (κ1) is 12.1. The van der Waals surface area contributed by atoms with Crippen molar-refractivity contribution in [3.8, 4) is 5.75 Å².